The molecule has 2 heteroatoms. The zero-order valence-corrected chi connectivity index (χ0v) is 12.4. The predicted molar refractivity (Wildman–Crippen MR) is 79.5 cm³/mol. The Hall–Kier alpha value is -1.31. The monoisotopic (exact) mass is 269 g/mol. The van der Waals surface area contributed by atoms with Gasteiger partial charge in [-0.25, -0.2) is 0 Å². The maximum atomic E-state index is 12.5. The van der Waals surface area contributed by atoms with Crippen LogP contribution in [0.5, 0.6) is 0 Å². The van der Waals surface area contributed by atoms with Crippen molar-refractivity contribution in [3.8, 4) is 0 Å². The average Bonchev–Trinajstić information content (AvgIpc) is 3.27. The van der Waals surface area contributed by atoms with E-state index in [1.807, 2.05) is 0 Å². The fourth-order valence-electron chi connectivity index (χ4n) is 4.43. The zero-order valence-electron chi connectivity index (χ0n) is 12.4. The lowest BCUT2D eigenvalue weighted by Crippen LogP contribution is -2.59. The number of piperidine rings is 1. The Bertz CT molecular complexity index is 562. The third-order valence-corrected chi connectivity index (χ3v) is 6.13. The molecule has 2 aliphatic carbocycles. The lowest BCUT2D eigenvalue weighted by atomic mass is 9.59. The molecule has 1 saturated carbocycles. The molecule has 20 heavy (non-hydrogen) atoms. The number of likely N-dealkylation sites (tertiary alicyclic amines) is 1. The van der Waals surface area contributed by atoms with Gasteiger partial charge < -0.3 is 4.90 Å². The number of carbonyl (C=O) groups is 1. The van der Waals surface area contributed by atoms with E-state index in [2.05, 4.69) is 43.0 Å². The Morgan fingerprint density at radius 1 is 1.30 bits per heavy atom. The molecule has 1 aliphatic heterocycles. The number of amides is 1. The van der Waals surface area contributed by atoms with E-state index < -0.39 is 0 Å². The molecular weight excluding hydrogens is 246 g/mol. The van der Waals surface area contributed by atoms with Gasteiger partial charge in [0.05, 0.1) is 0 Å². The van der Waals surface area contributed by atoms with Crippen molar-refractivity contribution in [2.24, 2.45) is 11.8 Å². The fraction of sp³-hybridized carbons (Fsp3) is 0.611. The number of benzene rings is 1. The van der Waals surface area contributed by atoms with E-state index in [4.69, 9.17) is 0 Å². The van der Waals surface area contributed by atoms with Crippen LogP contribution in [0.15, 0.2) is 24.3 Å². The molecule has 1 aromatic rings. The second kappa shape index (κ2) is 4.09. The van der Waals surface area contributed by atoms with Crippen molar-refractivity contribution >= 4 is 5.91 Å². The SMILES string of the molecule is CC1[C@@H]2Cc3ccccc3[C@]1(C)CCN2C(=O)C1CC1. The molecule has 0 aromatic heterocycles. The molecule has 0 spiro atoms. The summed E-state index contributed by atoms with van der Waals surface area (Å²) >= 11 is 0. The lowest BCUT2D eigenvalue weighted by Gasteiger charge is -2.54. The van der Waals surface area contributed by atoms with E-state index in [1.165, 1.54) is 11.1 Å². The van der Waals surface area contributed by atoms with Gasteiger partial charge in [0.25, 0.3) is 0 Å². The van der Waals surface area contributed by atoms with Crippen LogP contribution in [0.1, 0.15) is 44.2 Å². The summed E-state index contributed by atoms with van der Waals surface area (Å²) in [5, 5.41) is 0. The number of fused-ring (bicyclic) bond motifs is 4. The smallest absolute Gasteiger partial charge is 0.225 e. The molecule has 106 valence electrons. The molecule has 1 aromatic carbocycles. The largest absolute Gasteiger partial charge is 0.339 e. The van der Waals surface area contributed by atoms with Gasteiger partial charge in [-0.1, -0.05) is 38.1 Å². The first-order valence-electron chi connectivity index (χ1n) is 8.00. The number of carbonyl (C=O) groups excluding carboxylic acids is 1. The molecule has 1 saturated heterocycles. The highest BCUT2D eigenvalue weighted by Gasteiger charge is 2.50. The minimum absolute atomic E-state index is 0.250. The quantitative estimate of drug-likeness (QED) is 0.767. The minimum Gasteiger partial charge on any atom is -0.339 e. The maximum absolute atomic E-state index is 12.5. The van der Waals surface area contributed by atoms with Gasteiger partial charge in [0.1, 0.15) is 0 Å². The summed E-state index contributed by atoms with van der Waals surface area (Å²) in [6.45, 7) is 5.71. The van der Waals surface area contributed by atoms with Crippen LogP contribution in [0.3, 0.4) is 0 Å². The van der Waals surface area contributed by atoms with E-state index in [9.17, 15) is 4.79 Å². The van der Waals surface area contributed by atoms with Gasteiger partial charge >= 0.3 is 0 Å². The van der Waals surface area contributed by atoms with Crippen LogP contribution in [0, 0.1) is 11.8 Å². The third kappa shape index (κ3) is 1.60. The lowest BCUT2D eigenvalue weighted by molar-refractivity contribution is -0.140. The minimum atomic E-state index is 0.250. The van der Waals surface area contributed by atoms with Crippen LogP contribution in [0.25, 0.3) is 0 Å². The normalized spacial score (nSPS) is 35.6. The van der Waals surface area contributed by atoms with Crippen LogP contribution in [-0.4, -0.2) is 23.4 Å². The van der Waals surface area contributed by atoms with E-state index >= 15 is 0 Å². The van der Waals surface area contributed by atoms with E-state index in [0.717, 1.165) is 32.2 Å². The Morgan fingerprint density at radius 3 is 2.80 bits per heavy atom. The summed E-state index contributed by atoms with van der Waals surface area (Å²) in [7, 11) is 0. The molecule has 1 heterocycles. The van der Waals surface area contributed by atoms with Crippen molar-refractivity contribution in [3.63, 3.8) is 0 Å². The van der Waals surface area contributed by atoms with Crippen molar-refractivity contribution in [2.45, 2.75) is 51.0 Å². The Labute approximate surface area is 121 Å². The van der Waals surface area contributed by atoms with Crippen LogP contribution < -0.4 is 0 Å². The van der Waals surface area contributed by atoms with Crippen LogP contribution >= 0.6 is 0 Å². The van der Waals surface area contributed by atoms with E-state index in [-0.39, 0.29) is 5.41 Å². The highest BCUT2D eigenvalue weighted by Crippen LogP contribution is 2.49. The Balaban J connectivity index is 1.74. The number of hydrogen-bond donors (Lipinski definition) is 0. The van der Waals surface area contributed by atoms with Crippen molar-refractivity contribution in [1.82, 2.24) is 4.90 Å². The summed E-state index contributed by atoms with van der Waals surface area (Å²) in [6.07, 6.45) is 4.39. The van der Waals surface area contributed by atoms with Gasteiger partial charge in [-0.2, -0.15) is 0 Å². The van der Waals surface area contributed by atoms with Gasteiger partial charge in [0.15, 0.2) is 0 Å². The van der Waals surface area contributed by atoms with Gasteiger partial charge in [-0.15, -0.1) is 0 Å². The van der Waals surface area contributed by atoms with Crippen LogP contribution in [0.2, 0.25) is 0 Å². The van der Waals surface area contributed by atoms with Gasteiger partial charge in [0, 0.05) is 18.5 Å². The molecule has 0 N–H and O–H groups in total. The van der Waals surface area contributed by atoms with Crippen molar-refractivity contribution < 1.29 is 4.79 Å². The molecule has 3 aliphatic rings. The molecule has 0 radical (unpaired) electrons. The van der Waals surface area contributed by atoms with Gasteiger partial charge in [0.2, 0.25) is 5.91 Å². The number of nitrogens with zero attached hydrogens (tertiary/aromatic N) is 1. The molecule has 2 bridgehead atoms. The predicted octanol–water partition coefficient (Wildman–Crippen LogP) is 3.15. The highest BCUT2D eigenvalue weighted by atomic mass is 16.2. The zero-order chi connectivity index (χ0) is 13.9. The third-order valence-electron chi connectivity index (χ3n) is 6.13. The van der Waals surface area contributed by atoms with Crippen LogP contribution in [-0.2, 0) is 16.6 Å². The number of hydrogen-bond acceptors (Lipinski definition) is 1. The number of rotatable bonds is 1. The standard InChI is InChI=1S/C18H23NO/c1-12-16-11-14-5-3-4-6-15(14)18(12,2)9-10-19(16)17(20)13-7-8-13/h3-6,12-13,16H,7-11H2,1-2H3/t12?,16-,18+/m0/s1. The molecule has 2 nitrogen and oxygen atoms in total. The molecule has 1 unspecified atom stereocenters. The van der Waals surface area contributed by atoms with Gasteiger partial charge in [-0.05, 0) is 48.1 Å². The summed E-state index contributed by atoms with van der Waals surface area (Å²) in [5.74, 6) is 1.35. The van der Waals surface area contributed by atoms with Gasteiger partial charge in [-0.3, -0.25) is 4.79 Å². The second-order valence-electron chi connectivity index (χ2n) is 7.19. The van der Waals surface area contributed by atoms with Crippen LogP contribution in [0.4, 0.5) is 0 Å². The van der Waals surface area contributed by atoms with E-state index in [0.29, 0.717) is 23.8 Å². The van der Waals surface area contributed by atoms with Crippen molar-refractivity contribution in [1.29, 1.82) is 0 Å². The summed E-state index contributed by atoms with van der Waals surface area (Å²) in [5.41, 5.74) is 3.24. The van der Waals surface area contributed by atoms with E-state index in [1.54, 1.807) is 0 Å². The second-order valence-corrected chi connectivity index (χ2v) is 7.19. The summed E-state index contributed by atoms with van der Waals surface area (Å²) in [4.78, 5) is 14.8. The first-order chi connectivity index (χ1) is 9.61. The first-order valence-corrected chi connectivity index (χ1v) is 8.00. The Kier molecular flexibility index (Phi) is 2.55. The van der Waals surface area contributed by atoms with Crippen molar-refractivity contribution in [3.05, 3.63) is 35.4 Å². The summed E-state index contributed by atoms with van der Waals surface area (Å²) in [6, 6.07) is 9.29. The molecule has 2 fully saturated rings. The topological polar surface area (TPSA) is 20.3 Å². The summed E-state index contributed by atoms with van der Waals surface area (Å²) < 4.78 is 0. The molecule has 3 atom stereocenters. The molecule has 1 amide bonds. The first kappa shape index (κ1) is 12.4. The average molecular weight is 269 g/mol. The highest BCUT2D eigenvalue weighted by molar-refractivity contribution is 5.81. The maximum Gasteiger partial charge on any atom is 0.225 e. The fourth-order valence-corrected chi connectivity index (χ4v) is 4.43. The van der Waals surface area contributed by atoms with Crippen molar-refractivity contribution in [2.75, 3.05) is 6.54 Å². The molecular formula is C18H23NO. The molecule has 4 rings (SSSR count). The Morgan fingerprint density at radius 2 is 2.05 bits per heavy atom.